The Morgan fingerprint density at radius 3 is 2.67 bits per heavy atom. The molecule has 1 heterocycles. The normalized spacial score (nSPS) is 10.5. The molecule has 4 nitrogen and oxygen atoms in total. The number of para-hydroxylation sites is 2. The van der Waals surface area contributed by atoms with Crippen LogP contribution in [-0.2, 0) is 0 Å². The molecule has 24 heavy (non-hydrogen) atoms. The Balaban J connectivity index is 1.82. The maximum absolute atomic E-state index is 12.4. The number of amides is 1. The number of methoxy groups -OCH3 is 1. The summed E-state index contributed by atoms with van der Waals surface area (Å²) in [5.74, 6) is 1.04. The maximum atomic E-state index is 12.4. The number of hydrogen-bond acceptors (Lipinski definition) is 3. The topological polar surface area (TPSA) is 51.5 Å². The molecule has 5 heteroatoms. The summed E-state index contributed by atoms with van der Waals surface area (Å²) in [5, 5.41) is 3.44. The molecule has 0 aliphatic heterocycles. The number of anilines is 1. The lowest BCUT2D eigenvalue weighted by molar-refractivity contribution is 0.0997. The summed E-state index contributed by atoms with van der Waals surface area (Å²) >= 11 is 6.14. The molecular formula is C19H16ClNO3. The minimum absolute atomic E-state index is 0.215. The molecule has 0 bridgehead atoms. The van der Waals surface area contributed by atoms with Crippen LogP contribution in [0.5, 0.6) is 5.75 Å². The Kier molecular flexibility index (Phi) is 4.58. The van der Waals surface area contributed by atoms with E-state index in [0.717, 1.165) is 11.1 Å². The van der Waals surface area contributed by atoms with Crippen LogP contribution in [-0.4, -0.2) is 13.0 Å². The molecule has 1 aromatic heterocycles. The Morgan fingerprint density at radius 2 is 1.92 bits per heavy atom. The van der Waals surface area contributed by atoms with Crippen molar-refractivity contribution in [2.24, 2.45) is 0 Å². The molecule has 3 aromatic rings. The molecular weight excluding hydrogens is 326 g/mol. The van der Waals surface area contributed by atoms with Crippen LogP contribution in [0.1, 0.15) is 16.1 Å². The fraction of sp³-hybridized carbons (Fsp3) is 0.105. The molecule has 0 atom stereocenters. The predicted molar refractivity (Wildman–Crippen MR) is 94.8 cm³/mol. The minimum atomic E-state index is -0.344. The molecule has 1 N–H and O–H groups in total. The van der Waals surface area contributed by atoms with Gasteiger partial charge in [-0.2, -0.15) is 0 Å². The number of hydrogen-bond donors (Lipinski definition) is 1. The monoisotopic (exact) mass is 341 g/mol. The number of furan rings is 1. The number of carbonyl (C=O) groups is 1. The van der Waals surface area contributed by atoms with Gasteiger partial charge in [-0.1, -0.05) is 35.9 Å². The van der Waals surface area contributed by atoms with Crippen molar-refractivity contribution in [2.45, 2.75) is 6.92 Å². The average Bonchev–Trinajstić information content (AvgIpc) is 3.08. The number of rotatable bonds is 4. The highest BCUT2D eigenvalue weighted by Gasteiger charge is 2.14. The van der Waals surface area contributed by atoms with Gasteiger partial charge in [0.1, 0.15) is 11.5 Å². The zero-order valence-electron chi connectivity index (χ0n) is 13.3. The first kappa shape index (κ1) is 16.1. The van der Waals surface area contributed by atoms with Crippen molar-refractivity contribution in [1.29, 1.82) is 0 Å². The molecule has 122 valence electrons. The van der Waals surface area contributed by atoms with Crippen LogP contribution in [0.3, 0.4) is 0 Å². The van der Waals surface area contributed by atoms with E-state index >= 15 is 0 Å². The number of halogens is 1. The SMILES string of the molecule is COc1ccccc1NC(=O)c1ccc(-c2ccc(C)c(Cl)c2)o1. The van der Waals surface area contributed by atoms with E-state index in [2.05, 4.69) is 5.32 Å². The third kappa shape index (κ3) is 3.29. The maximum Gasteiger partial charge on any atom is 0.291 e. The summed E-state index contributed by atoms with van der Waals surface area (Å²) < 4.78 is 10.9. The molecule has 1 amide bonds. The van der Waals surface area contributed by atoms with Gasteiger partial charge in [-0.25, -0.2) is 0 Å². The number of ether oxygens (including phenoxy) is 1. The van der Waals surface area contributed by atoms with Crippen molar-refractivity contribution in [2.75, 3.05) is 12.4 Å². The summed E-state index contributed by atoms with van der Waals surface area (Å²) in [4.78, 5) is 12.4. The molecule has 3 rings (SSSR count). The van der Waals surface area contributed by atoms with Crippen molar-refractivity contribution in [3.05, 3.63) is 70.9 Å². The molecule has 0 spiro atoms. The molecule has 0 radical (unpaired) electrons. The van der Waals surface area contributed by atoms with Crippen LogP contribution in [0.4, 0.5) is 5.69 Å². The van der Waals surface area contributed by atoms with Gasteiger partial charge in [0, 0.05) is 10.6 Å². The molecule has 0 aliphatic carbocycles. The van der Waals surface area contributed by atoms with Crippen LogP contribution in [0.2, 0.25) is 5.02 Å². The zero-order valence-corrected chi connectivity index (χ0v) is 14.1. The smallest absolute Gasteiger partial charge is 0.291 e. The van der Waals surface area contributed by atoms with Gasteiger partial charge in [0.05, 0.1) is 12.8 Å². The third-order valence-electron chi connectivity index (χ3n) is 3.64. The molecule has 0 aliphatic rings. The van der Waals surface area contributed by atoms with Crippen LogP contribution in [0, 0.1) is 6.92 Å². The van der Waals surface area contributed by atoms with Gasteiger partial charge in [-0.15, -0.1) is 0 Å². The van der Waals surface area contributed by atoms with E-state index in [1.54, 1.807) is 31.4 Å². The van der Waals surface area contributed by atoms with Gasteiger partial charge < -0.3 is 14.5 Å². The van der Waals surface area contributed by atoms with Crippen molar-refractivity contribution in [3.63, 3.8) is 0 Å². The largest absolute Gasteiger partial charge is 0.495 e. The highest BCUT2D eigenvalue weighted by Crippen LogP contribution is 2.28. The lowest BCUT2D eigenvalue weighted by atomic mass is 10.1. The second-order valence-electron chi connectivity index (χ2n) is 5.28. The summed E-state index contributed by atoms with van der Waals surface area (Å²) in [7, 11) is 1.55. The van der Waals surface area contributed by atoms with Crippen LogP contribution >= 0.6 is 11.6 Å². The van der Waals surface area contributed by atoms with Crippen molar-refractivity contribution in [3.8, 4) is 17.1 Å². The molecule has 0 unspecified atom stereocenters. The van der Waals surface area contributed by atoms with Gasteiger partial charge in [0.15, 0.2) is 5.76 Å². The van der Waals surface area contributed by atoms with Crippen LogP contribution in [0.15, 0.2) is 59.0 Å². The van der Waals surface area contributed by atoms with E-state index in [-0.39, 0.29) is 11.7 Å². The minimum Gasteiger partial charge on any atom is -0.495 e. The van der Waals surface area contributed by atoms with E-state index in [9.17, 15) is 4.79 Å². The van der Waals surface area contributed by atoms with Crippen molar-refractivity contribution < 1.29 is 13.9 Å². The Hall–Kier alpha value is -2.72. The van der Waals surface area contributed by atoms with Crippen molar-refractivity contribution >= 4 is 23.2 Å². The van der Waals surface area contributed by atoms with Crippen molar-refractivity contribution in [1.82, 2.24) is 0 Å². The average molecular weight is 342 g/mol. The highest BCUT2D eigenvalue weighted by molar-refractivity contribution is 6.31. The van der Waals surface area contributed by atoms with E-state index in [1.807, 2.05) is 37.3 Å². The fourth-order valence-corrected chi connectivity index (χ4v) is 2.47. The number of benzene rings is 2. The molecule has 2 aromatic carbocycles. The van der Waals surface area contributed by atoms with Gasteiger partial charge in [-0.05, 0) is 42.8 Å². The zero-order chi connectivity index (χ0) is 17.1. The first-order valence-electron chi connectivity index (χ1n) is 7.39. The second-order valence-corrected chi connectivity index (χ2v) is 5.69. The standard InChI is InChI=1S/C19H16ClNO3/c1-12-7-8-13(11-14(12)20)16-9-10-18(24-16)19(22)21-15-5-3-4-6-17(15)23-2/h3-11H,1-2H3,(H,21,22). The lowest BCUT2D eigenvalue weighted by Crippen LogP contribution is -2.11. The Labute approximate surface area is 145 Å². The number of aryl methyl sites for hydroxylation is 1. The van der Waals surface area contributed by atoms with Gasteiger partial charge in [-0.3, -0.25) is 4.79 Å². The summed E-state index contributed by atoms with van der Waals surface area (Å²) in [5.41, 5.74) is 2.39. The van der Waals surface area contributed by atoms with Gasteiger partial charge in [0.2, 0.25) is 0 Å². The summed E-state index contributed by atoms with van der Waals surface area (Å²) in [6.45, 7) is 1.93. The fourth-order valence-electron chi connectivity index (χ4n) is 2.29. The second kappa shape index (κ2) is 6.81. The Morgan fingerprint density at radius 1 is 1.12 bits per heavy atom. The highest BCUT2D eigenvalue weighted by atomic mass is 35.5. The van der Waals surface area contributed by atoms with E-state index < -0.39 is 0 Å². The lowest BCUT2D eigenvalue weighted by Gasteiger charge is -2.08. The van der Waals surface area contributed by atoms with E-state index in [4.69, 9.17) is 20.8 Å². The van der Waals surface area contributed by atoms with Crippen LogP contribution < -0.4 is 10.1 Å². The third-order valence-corrected chi connectivity index (χ3v) is 4.05. The first-order valence-corrected chi connectivity index (χ1v) is 7.77. The molecule has 0 fully saturated rings. The van der Waals surface area contributed by atoms with E-state index in [0.29, 0.717) is 22.2 Å². The van der Waals surface area contributed by atoms with E-state index in [1.165, 1.54) is 0 Å². The number of carbonyl (C=O) groups excluding carboxylic acids is 1. The number of nitrogens with one attached hydrogen (secondary N) is 1. The summed E-state index contributed by atoms with van der Waals surface area (Å²) in [6.07, 6.45) is 0. The quantitative estimate of drug-likeness (QED) is 0.712. The predicted octanol–water partition coefficient (Wildman–Crippen LogP) is 5.17. The van der Waals surface area contributed by atoms with Gasteiger partial charge in [0.25, 0.3) is 5.91 Å². The Bertz CT molecular complexity index is 886. The molecule has 0 saturated carbocycles. The van der Waals surface area contributed by atoms with Crippen LogP contribution in [0.25, 0.3) is 11.3 Å². The van der Waals surface area contributed by atoms with Gasteiger partial charge >= 0.3 is 0 Å². The summed E-state index contributed by atoms with van der Waals surface area (Å²) in [6, 6.07) is 16.2. The first-order chi connectivity index (χ1) is 11.6. The molecule has 0 saturated heterocycles.